The summed E-state index contributed by atoms with van der Waals surface area (Å²) in [5, 5.41) is 0.457. The predicted molar refractivity (Wildman–Crippen MR) is 156 cm³/mol. The van der Waals surface area contributed by atoms with Crippen molar-refractivity contribution in [3.05, 3.63) is 124 Å². The van der Waals surface area contributed by atoms with Gasteiger partial charge in [-0.25, -0.2) is 0 Å². The highest BCUT2D eigenvalue weighted by Crippen LogP contribution is 2.38. The van der Waals surface area contributed by atoms with Crippen LogP contribution in [0.4, 0.5) is 5.69 Å². The standard InChI is InChI=1S/C34H31NO4/c36-30-22-32(27-14-16-28(17-15-27)35-20-8-3-9-21-35)39-33-29(30)18-19-31(37-23-25-10-4-1-5-11-25)34(33)38-24-26-12-6-2-7-13-26/h1-2,4-7,10-19,22H,3,8-9,20-21,23-24H2. The van der Waals surface area contributed by atoms with Gasteiger partial charge in [-0.2, -0.15) is 0 Å². The van der Waals surface area contributed by atoms with Gasteiger partial charge in [-0.3, -0.25) is 4.79 Å². The quantitative estimate of drug-likeness (QED) is 0.212. The topological polar surface area (TPSA) is 51.9 Å². The Hall–Kier alpha value is -4.51. The van der Waals surface area contributed by atoms with Crippen LogP contribution in [0.5, 0.6) is 11.5 Å². The number of benzene rings is 4. The van der Waals surface area contributed by atoms with Crippen LogP contribution in [0.25, 0.3) is 22.3 Å². The van der Waals surface area contributed by atoms with E-state index in [-0.39, 0.29) is 5.43 Å². The van der Waals surface area contributed by atoms with Crippen LogP contribution >= 0.6 is 0 Å². The minimum absolute atomic E-state index is 0.120. The number of hydrogen-bond acceptors (Lipinski definition) is 5. The highest BCUT2D eigenvalue weighted by molar-refractivity contribution is 5.86. The number of nitrogens with zero attached hydrogens (tertiary/aromatic N) is 1. The molecule has 0 unspecified atom stereocenters. The van der Waals surface area contributed by atoms with E-state index in [1.54, 1.807) is 18.2 Å². The minimum atomic E-state index is -0.120. The molecule has 1 aliphatic heterocycles. The van der Waals surface area contributed by atoms with Gasteiger partial charge in [-0.05, 0) is 66.8 Å². The van der Waals surface area contributed by atoms with Crippen molar-refractivity contribution < 1.29 is 13.9 Å². The molecule has 1 saturated heterocycles. The van der Waals surface area contributed by atoms with Crippen LogP contribution in [0.1, 0.15) is 30.4 Å². The molecule has 0 amide bonds. The highest BCUT2D eigenvalue weighted by Gasteiger charge is 2.18. The first-order valence-corrected chi connectivity index (χ1v) is 13.5. The second-order valence-electron chi connectivity index (χ2n) is 9.89. The van der Waals surface area contributed by atoms with Gasteiger partial charge in [0.2, 0.25) is 5.75 Å². The van der Waals surface area contributed by atoms with E-state index in [9.17, 15) is 4.79 Å². The zero-order chi connectivity index (χ0) is 26.4. The molecule has 5 heteroatoms. The van der Waals surface area contributed by atoms with E-state index in [1.807, 2.05) is 72.8 Å². The Kier molecular flexibility index (Phi) is 7.30. The molecule has 0 aliphatic carbocycles. The van der Waals surface area contributed by atoms with E-state index in [1.165, 1.54) is 24.9 Å². The van der Waals surface area contributed by atoms with Crippen molar-refractivity contribution in [2.75, 3.05) is 18.0 Å². The number of anilines is 1. The summed E-state index contributed by atoms with van der Waals surface area (Å²) in [6.07, 6.45) is 3.74. The Balaban J connectivity index is 1.37. The third-order valence-electron chi connectivity index (χ3n) is 7.15. The zero-order valence-corrected chi connectivity index (χ0v) is 21.8. The lowest BCUT2D eigenvalue weighted by atomic mass is 10.1. The number of rotatable bonds is 8. The molecule has 0 saturated carbocycles. The number of hydrogen-bond donors (Lipinski definition) is 0. The summed E-state index contributed by atoms with van der Waals surface area (Å²) in [5.74, 6) is 1.46. The molecule has 0 bridgehead atoms. The van der Waals surface area contributed by atoms with E-state index in [0.29, 0.717) is 41.4 Å². The van der Waals surface area contributed by atoms with Gasteiger partial charge >= 0.3 is 0 Å². The fraction of sp³-hybridized carbons (Fsp3) is 0.206. The SMILES string of the molecule is O=c1cc(-c2ccc(N3CCCCC3)cc2)oc2c(OCc3ccccc3)c(OCc3ccccc3)ccc12. The van der Waals surface area contributed by atoms with E-state index < -0.39 is 0 Å². The van der Waals surface area contributed by atoms with Crippen molar-refractivity contribution in [2.24, 2.45) is 0 Å². The summed E-state index contributed by atoms with van der Waals surface area (Å²) in [6.45, 7) is 2.85. The van der Waals surface area contributed by atoms with Crippen molar-refractivity contribution in [2.45, 2.75) is 32.5 Å². The summed E-state index contributed by atoms with van der Waals surface area (Å²) in [7, 11) is 0. The Labute approximate surface area is 228 Å². The summed E-state index contributed by atoms with van der Waals surface area (Å²) >= 11 is 0. The lowest BCUT2D eigenvalue weighted by Gasteiger charge is -2.28. The molecular weight excluding hydrogens is 486 g/mol. The normalized spacial score (nSPS) is 13.4. The van der Waals surface area contributed by atoms with E-state index >= 15 is 0 Å². The fourth-order valence-electron chi connectivity index (χ4n) is 5.02. The Morgan fingerprint density at radius 1 is 0.692 bits per heavy atom. The van der Waals surface area contributed by atoms with Crippen LogP contribution in [-0.2, 0) is 13.2 Å². The van der Waals surface area contributed by atoms with Crippen molar-refractivity contribution >= 4 is 16.7 Å². The number of fused-ring (bicyclic) bond motifs is 1. The van der Waals surface area contributed by atoms with Gasteiger partial charge in [0.05, 0.1) is 5.39 Å². The molecular formula is C34H31NO4. The first-order valence-electron chi connectivity index (χ1n) is 13.5. The number of piperidine rings is 1. The molecule has 1 aromatic heterocycles. The second kappa shape index (κ2) is 11.5. The molecule has 2 heterocycles. The van der Waals surface area contributed by atoms with Gasteiger partial charge in [-0.15, -0.1) is 0 Å². The lowest BCUT2D eigenvalue weighted by Crippen LogP contribution is -2.29. The van der Waals surface area contributed by atoms with Crippen LogP contribution in [0.2, 0.25) is 0 Å². The van der Waals surface area contributed by atoms with Crippen LogP contribution in [0, 0.1) is 0 Å². The molecule has 0 atom stereocenters. The van der Waals surface area contributed by atoms with Gasteiger partial charge in [-0.1, -0.05) is 60.7 Å². The predicted octanol–water partition coefficient (Wildman–Crippen LogP) is 7.61. The largest absolute Gasteiger partial charge is 0.485 e. The van der Waals surface area contributed by atoms with E-state index in [2.05, 4.69) is 17.0 Å². The van der Waals surface area contributed by atoms with Crippen molar-refractivity contribution in [1.82, 2.24) is 0 Å². The zero-order valence-electron chi connectivity index (χ0n) is 21.8. The maximum atomic E-state index is 13.2. The van der Waals surface area contributed by atoms with Crippen LogP contribution in [0.15, 0.2) is 112 Å². The van der Waals surface area contributed by atoms with Gasteiger partial charge in [0.1, 0.15) is 19.0 Å². The average molecular weight is 518 g/mol. The molecule has 4 aromatic carbocycles. The summed E-state index contributed by atoms with van der Waals surface area (Å²) in [6, 6.07) is 33.2. The maximum Gasteiger partial charge on any atom is 0.205 e. The minimum Gasteiger partial charge on any atom is -0.485 e. The Bertz CT molecular complexity index is 1590. The highest BCUT2D eigenvalue weighted by atomic mass is 16.5. The summed E-state index contributed by atoms with van der Waals surface area (Å²) in [4.78, 5) is 15.7. The third-order valence-corrected chi connectivity index (χ3v) is 7.15. The van der Waals surface area contributed by atoms with E-state index in [0.717, 1.165) is 29.8 Å². The Morgan fingerprint density at radius 3 is 2.00 bits per heavy atom. The fourth-order valence-corrected chi connectivity index (χ4v) is 5.02. The van der Waals surface area contributed by atoms with Crippen molar-refractivity contribution in [1.29, 1.82) is 0 Å². The molecule has 196 valence electrons. The van der Waals surface area contributed by atoms with Gasteiger partial charge in [0, 0.05) is 30.4 Å². The second-order valence-corrected chi connectivity index (χ2v) is 9.89. The first kappa shape index (κ1) is 24.8. The average Bonchev–Trinajstić information content (AvgIpc) is 3.00. The third kappa shape index (κ3) is 5.68. The summed E-state index contributed by atoms with van der Waals surface area (Å²) in [5.41, 5.74) is 4.36. The lowest BCUT2D eigenvalue weighted by molar-refractivity contribution is 0.256. The van der Waals surface area contributed by atoms with Crippen LogP contribution in [-0.4, -0.2) is 13.1 Å². The molecule has 6 rings (SSSR count). The molecule has 39 heavy (non-hydrogen) atoms. The Morgan fingerprint density at radius 2 is 1.33 bits per heavy atom. The summed E-state index contributed by atoms with van der Waals surface area (Å²) < 4.78 is 18.9. The molecule has 1 fully saturated rings. The molecule has 0 spiro atoms. The number of ether oxygens (including phenoxy) is 2. The van der Waals surface area contributed by atoms with Crippen LogP contribution in [0.3, 0.4) is 0 Å². The molecule has 0 N–H and O–H groups in total. The van der Waals surface area contributed by atoms with Gasteiger partial charge < -0.3 is 18.8 Å². The molecule has 5 nitrogen and oxygen atoms in total. The first-order chi connectivity index (χ1) is 19.2. The van der Waals surface area contributed by atoms with Crippen molar-refractivity contribution in [3.63, 3.8) is 0 Å². The van der Waals surface area contributed by atoms with Crippen molar-refractivity contribution in [3.8, 4) is 22.8 Å². The van der Waals surface area contributed by atoms with Crippen LogP contribution < -0.4 is 19.8 Å². The molecule has 0 radical (unpaired) electrons. The monoisotopic (exact) mass is 517 g/mol. The van der Waals surface area contributed by atoms with Gasteiger partial charge in [0.25, 0.3) is 0 Å². The molecule has 5 aromatic rings. The maximum absolute atomic E-state index is 13.2. The van der Waals surface area contributed by atoms with Gasteiger partial charge in [0.15, 0.2) is 16.8 Å². The smallest absolute Gasteiger partial charge is 0.205 e. The van der Waals surface area contributed by atoms with E-state index in [4.69, 9.17) is 13.9 Å². The molecule has 1 aliphatic rings.